The van der Waals surface area contributed by atoms with Gasteiger partial charge in [-0.15, -0.1) is 0 Å². The maximum atomic E-state index is 4.14. The summed E-state index contributed by atoms with van der Waals surface area (Å²) < 4.78 is 2.06. The van der Waals surface area contributed by atoms with Gasteiger partial charge < -0.3 is 9.72 Å². The van der Waals surface area contributed by atoms with Crippen molar-refractivity contribution < 1.29 is 0 Å². The van der Waals surface area contributed by atoms with Crippen molar-refractivity contribution in [2.24, 2.45) is 0 Å². The first-order valence-corrected chi connectivity index (χ1v) is 5.56. The monoisotopic (exact) mass is 201 g/mol. The van der Waals surface area contributed by atoms with Crippen LogP contribution >= 0.6 is 0 Å². The Labute approximate surface area is 89.1 Å². The molecule has 3 heterocycles. The molecule has 1 aliphatic heterocycles. The SMILES string of the molecule is c1cn2cncc2cc1C1CCNCC1. The lowest BCUT2D eigenvalue weighted by Gasteiger charge is -2.22. The van der Waals surface area contributed by atoms with Crippen LogP contribution in [0.4, 0.5) is 0 Å². The fraction of sp³-hybridized carbons (Fsp3) is 0.417. The van der Waals surface area contributed by atoms with Gasteiger partial charge in [-0.1, -0.05) is 0 Å². The zero-order chi connectivity index (χ0) is 10.1. The van der Waals surface area contributed by atoms with E-state index in [1.54, 1.807) is 0 Å². The van der Waals surface area contributed by atoms with Crippen molar-refractivity contribution in [3.63, 3.8) is 0 Å². The number of pyridine rings is 1. The molecule has 0 atom stereocenters. The van der Waals surface area contributed by atoms with Gasteiger partial charge in [-0.2, -0.15) is 0 Å². The van der Waals surface area contributed by atoms with Gasteiger partial charge in [-0.3, -0.25) is 0 Å². The fourth-order valence-electron chi connectivity index (χ4n) is 2.35. The van der Waals surface area contributed by atoms with Gasteiger partial charge >= 0.3 is 0 Å². The van der Waals surface area contributed by atoms with Gasteiger partial charge in [0.1, 0.15) is 0 Å². The summed E-state index contributed by atoms with van der Waals surface area (Å²) in [4.78, 5) is 4.14. The molecule has 3 heteroatoms. The van der Waals surface area contributed by atoms with Crippen molar-refractivity contribution in [3.8, 4) is 0 Å². The number of hydrogen-bond donors (Lipinski definition) is 1. The van der Waals surface area contributed by atoms with Crippen LogP contribution in [0.3, 0.4) is 0 Å². The molecule has 0 unspecified atom stereocenters. The Hall–Kier alpha value is -1.35. The van der Waals surface area contributed by atoms with E-state index in [0.29, 0.717) is 0 Å². The maximum absolute atomic E-state index is 4.14. The average Bonchev–Trinajstić information content (AvgIpc) is 2.77. The lowest BCUT2D eigenvalue weighted by Crippen LogP contribution is -2.26. The second-order valence-electron chi connectivity index (χ2n) is 4.21. The van der Waals surface area contributed by atoms with E-state index in [0.717, 1.165) is 19.0 Å². The Morgan fingerprint density at radius 2 is 2.20 bits per heavy atom. The van der Waals surface area contributed by atoms with E-state index in [9.17, 15) is 0 Å². The van der Waals surface area contributed by atoms with Crippen molar-refractivity contribution in [1.29, 1.82) is 0 Å². The van der Waals surface area contributed by atoms with Crippen molar-refractivity contribution in [2.45, 2.75) is 18.8 Å². The van der Waals surface area contributed by atoms with Crippen LogP contribution < -0.4 is 5.32 Å². The van der Waals surface area contributed by atoms with Crippen molar-refractivity contribution in [1.82, 2.24) is 14.7 Å². The molecular weight excluding hydrogens is 186 g/mol. The molecular formula is C12H15N3. The third kappa shape index (κ3) is 1.63. The van der Waals surface area contributed by atoms with E-state index in [2.05, 4.69) is 33.0 Å². The Balaban J connectivity index is 1.95. The van der Waals surface area contributed by atoms with Crippen molar-refractivity contribution in [3.05, 3.63) is 36.4 Å². The summed E-state index contributed by atoms with van der Waals surface area (Å²) in [5.74, 6) is 0.728. The molecule has 0 saturated carbocycles. The summed E-state index contributed by atoms with van der Waals surface area (Å²) in [5, 5.41) is 3.40. The Bertz CT molecular complexity index is 455. The first kappa shape index (κ1) is 8.92. The van der Waals surface area contributed by atoms with E-state index in [-0.39, 0.29) is 0 Å². The summed E-state index contributed by atoms with van der Waals surface area (Å²) in [7, 11) is 0. The van der Waals surface area contributed by atoms with Crippen LogP contribution in [0.5, 0.6) is 0 Å². The molecule has 3 rings (SSSR count). The molecule has 3 nitrogen and oxygen atoms in total. The minimum atomic E-state index is 0.728. The molecule has 1 aliphatic rings. The minimum Gasteiger partial charge on any atom is -0.317 e. The molecule has 15 heavy (non-hydrogen) atoms. The first-order chi connectivity index (χ1) is 7.43. The van der Waals surface area contributed by atoms with E-state index >= 15 is 0 Å². The van der Waals surface area contributed by atoms with Gasteiger partial charge in [0.2, 0.25) is 0 Å². The minimum absolute atomic E-state index is 0.728. The summed E-state index contributed by atoms with van der Waals surface area (Å²) in [6, 6.07) is 4.49. The van der Waals surface area contributed by atoms with Crippen molar-refractivity contribution >= 4 is 5.52 Å². The number of nitrogens with one attached hydrogen (secondary N) is 1. The number of nitrogens with zero attached hydrogens (tertiary/aromatic N) is 2. The van der Waals surface area contributed by atoms with E-state index in [1.165, 1.54) is 23.9 Å². The second-order valence-corrected chi connectivity index (χ2v) is 4.21. The molecule has 0 aliphatic carbocycles. The Kier molecular flexibility index (Phi) is 2.18. The van der Waals surface area contributed by atoms with Crippen LogP contribution in [0.1, 0.15) is 24.3 Å². The van der Waals surface area contributed by atoms with E-state index < -0.39 is 0 Å². The fourth-order valence-corrected chi connectivity index (χ4v) is 2.35. The molecule has 1 saturated heterocycles. The third-order valence-electron chi connectivity index (χ3n) is 3.25. The second kappa shape index (κ2) is 3.66. The lowest BCUT2D eigenvalue weighted by molar-refractivity contribution is 0.460. The molecule has 2 aromatic heterocycles. The van der Waals surface area contributed by atoms with Gasteiger partial charge in [0.25, 0.3) is 0 Å². The molecule has 2 aromatic rings. The number of aromatic nitrogens is 2. The largest absolute Gasteiger partial charge is 0.317 e. The summed E-state index contributed by atoms with van der Waals surface area (Å²) in [6.45, 7) is 2.30. The van der Waals surface area contributed by atoms with Crippen molar-refractivity contribution in [2.75, 3.05) is 13.1 Å². The van der Waals surface area contributed by atoms with E-state index in [4.69, 9.17) is 0 Å². The number of fused-ring (bicyclic) bond motifs is 1. The number of piperidine rings is 1. The van der Waals surface area contributed by atoms with Crippen LogP contribution in [0.25, 0.3) is 5.52 Å². The standard InChI is InChI=1S/C12H15N3/c1-4-13-5-2-10(1)11-3-6-15-9-14-8-12(15)7-11/h3,6-10,13H,1-2,4-5H2. The predicted molar refractivity (Wildman–Crippen MR) is 60.0 cm³/mol. The number of hydrogen-bond acceptors (Lipinski definition) is 2. The predicted octanol–water partition coefficient (Wildman–Crippen LogP) is 1.80. The third-order valence-corrected chi connectivity index (χ3v) is 3.25. The maximum Gasteiger partial charge on any atom is 0.0991 e. The first-order valence-electron chi connectivity index (χ1n) is 5.56. The smallest absolute Gasteiger partial charge is 0.0991 e. The summed E-state index contributed by atoms with van der Waals surface area (Å²) in [6.07, 6.45) is 8.39. The van der Waals surface area contributed by atoms with Crippen LogP contribution in [-0.4, -0.2) is 22.5 Å². The van der Waals surface area contributed by atoms with Gasteiger partial charge in [-0.05, 0) is 49.5 Å². The van der Waals surface area contributed by atoms with Gasteiger partial charge in [0.05, 0.1) is 18.0 Å². The molecule has 0 radical (unpaired) electrons. The number of imidazole rings is 1. The molecule has 78 valence electrons. The summed E-state index contributed by atoms with van der Waals surface area (Å²) >= 11 is 0. The van der Waals surface area contributed by atoms with Gasteiger partial charge in [0.15, 0.2) is 0 Å². The van der Waals surface area contributed by atoms with Crippen LogP contribution in [0.15, 0.2) is 30.9 Å². The molecule has 1 N–H and O–H groups in total. The van der Waals surface area contributed by atoms with Gasteiger partial charge in [-0.25, -0.2) is 4.98 Å². The highest BCUT2D eigenvalue weighted by molar-refractivity contribution is 5.47. The molecule has 0 amide bonds. The van der Waals surface area contributed by atoms with Crippen LogP contribution in [-0.2, 0) is 0 Å². The summed E-state index contributed by atoms with van der Waals surface area (Å²) in [5.41, 5.74) is 2.66. The zero-order valence-electron chi connectivity index (χ0n) is 8.69. The van der Waals surface area contributed by atoms with Crippen LogP contribution in [0.2, 0.25) is 0 Å². The topological polar surface area (TPSA) is 29.3 Å². The highest BCUT2D eigenvalue weighted by Gasteiger charge is 2.15. The lowest BCUT2D eigenvalue weighted by atomic mass is 9.91. The highest BCUT2D eigenvalue weighted by atomic mass is 15.0. The molecule has 0 bridgehead atoms. The quantitative estimate of drug-likeness (QED) is 0.762. The number of rotatable bonds is 1. The molecule has 0 aromatic carbocycles. The zero-order valence-corrected chi connectivity index (χ0v) is 8.69. The van der Waals surface area contributed by atoms with Crippen LogP contribution in [0, 0.1) is 0 Å². The molecule has 0 spiro atoms. The highest BCUT2D eigenvalue weighted by Crippen LogP contribution is 2.25. The van der Waals surface area contributed by atoms with Gasteiger partial charge in [0, 0.05) is 6.20 Å². The molecule has 1 fully saturated rings. The normalized spacial score (nSPS) is 18.4. The van der Waals surface area contributed by atoms with E-state index in [1.807, 2.05) is 12.5 Å². The Morgan fingerprint density at radius 1 is 1.33 bits per heavy atom. The Morgan fingerprint density at radius 3 is 3.07 bits per heavy atom. The average molecular weight is 201 g/mol.